The van der Waals surface area contributed by atoms with Gasteiger partial charge in [0.05, 0.1) is 6.04 Å². The fraction of sp³-hybridized carbons (Fsp3) is 0.467. The fourth-order valence-electron chi connectivity index (χ4n) is 1.86. The van der Waals surface area contributed by atoms with Gasteiger partial charge in [-0.25, -0.2) is 4.79 Å². The lowest BCUT2D eigenvalue weighted by atomic mass is 10.0. The number of aliphatic carboxylic acids is 1. The minimum Gasteiger partial charge on any atom is -0.481 e. The first-order valence-corrected chi connectivity index (χ1v) is 6.94. The number of carbonyl (C=O) groups excluding carboxylic acids is 1. The van der Waals surface area contributed by atoms with E-state index < -0.39 is 5.97 Å². The molecule has 0 saturated carbocycles. The standard InChI is InChI=1S/C15H22N2O3/c1-2-3-11-16-15(20)17-13(9-10-14(18)19)12-7-5-4-6-8-12/h4-8,13H,2-3,9-11H2,1H3,(H,18,19)(H2,16,17,20). The Balaban J connectivity index is 2.58. The average molecular weight is 278 g/mol. The van der Waals surface area contributed by atoms with Crippen LogP contribution >= 0.6 is 0 Å². The molecule has 3 N–H and O–H groups in total. The summed E-state index contributed by atoms with van der Waals surface area (Å²) in [5.41, 5.74) is 0.916. The molecule has 0 aromatic heterocycles. The van der Waals surface area contributed by atoms with Gasteiger partial charge < -0.3 is 15.7 Å². The normalized spacial score (nSPS) is 11.7. The van der Waals surface area contributed by atoms with Gasteiger partial charge in [-0.3, -0.25) is 4.79 Å². The lowest BCUT2D eigenvalue weighted by Gasteiger charge is -2.19. The lowest BCUT2D eigenvalue weighted by Crippen LogP contribution is -2.38. The van der Waals surface area contributed by atoms with Crippen LogP contribution in [0.3, 0.4) is 0 Å². The van der Waals surface area contributed by atoms with Crippen molar-refractivity contribution in [2.45, 2.75) is 38.6 Å². The van der Waals surface area contributed by atoms with Gasteiger partial charge in [-0.2, -0.15) is 0 Å². The van der Waals surface area contributed by atoms with E-state index in [9.17, 15) is 9.59 Å². The summed E-state index contributed by atoms with van der Waals surface area (Å²) in [5, 5.41) is 14.4. The summed E-state index contributed by atoms with van der Waals surface area (Å²) >= 11 is 0. The Morgan fingerprint density at radius 3 is 2.55 bits per heavy atom. The molecule has 0 aliphatic rings. The summed E-state index contributed by atoms with van der Waals surface area (Å²) in [6.07, 6.45) is 2.34. The number of carboxylic acid groups (broad SMARTS) is 1. The van der Waals surface area contributed by atoms with Crippen molar-refractivity contribution in [1.29, 1.82) is 0 Å². The third kappa shape index (κ3) is 6.22. The van der Waals surface area contributed by atoms with Crippen LogP contribution in [0.4, 0.5) is 4.79 Å². The van der Waals surface area contributed by atoms with E-state index in [1.807, 2.05) is 30.3 Å². The van der Waals surface area contributed by atoms with Crippen LogP contribution in [0.5, 0.6) is 0 Å². The zero-order valence-electron chi connectivity index (χ0n) is 11.8. The highest BCUT2D eigenvalue weighted by atomic mass is 16.4. The summed E-state index contributed by atoms with van der Waals surface area (Å²) in [4.78, 5) is 22.5. The molecule has 0 aliphatic heterocycles. The molecule has 1 aromatic carbocycles. The number of amides is 2. The number of unbranched alkanes of at least 4 members (excludes halogenated alkanes) is 1. The number of carbonyl (C=O) groups is 2. The van der Waals surface area contributed by atoms with Crippen molar-refractivity contribution in [2.24, 2.45) is 0 Å². The summed E-state index contributed by atoms with van der Waals surface area (Å²) in [6, 6.07) is 8.88. The van der Waals surface area contributed by atoms with Gasteiger partial charge in [-0.1, -0.05) is 43.7 Å². The molecule has 1 aromatic rings. The summed E-state index contributed by atoms with van der Waals surface area (Å²) < 4.78 is 0. The SMILES string of the molecule is CCCCNC(=O)NC(CCC(=O)O)c1ccccc1. The number of rotatable bonds is 8. The second-order valence-electron chi connectivity index (χ2n) is 4.65. The molecule has 20 heavy (non-hydrogen) atoms. The Morgan fingerprint density at radius 2 is 1.95 bits per heavy atom. The van der Waals surface area contributed by atoms with E-state index in [0.717, 1.165) is 18.4 Å². The molecule has 0 bridgehead atoms. The van der Waals surface area contributed by atoms with Crippen LogP contribution in [0, 0.1) is 0 Å². The molecule has 2 amide bonds. The molecule has 5 nitrogen and oxygen atoms in total. The molecule has 0 fully saturated rings. The Morgan fingerprint density at radius 1 is 1.25 bits per heavy atom. The van der Waals surface area contributed by atoms with Crippen molar-refractivity contribution < 1.29 is 14.7 Å². The number of hydrogen-bond acceptors (Lipinski definition) is 2. The quantitative estimate of drug-likeness (QED) is 0.640. The van der Waals surface area contributed by atoms with Crippen LogP contribution in [0.15, 0.2) is 30.3 Å². The Hall–Kier alpha value is -2.04. The maximum atomic E-state index is 11.8. The van der Waals surface area contributed by atoms with Gasteiger partial charge in [0.15, 0.2) is 0 Å². The van der Waals surface area contributed by atoms with Crippen molar-refractivity contribution in [1.82, 2.24) is 10.6 Å². The van der Waals surface area contributed by atoms with Gasteiger partial charge >= 0.3 is 12.0 Å². The van der Waals surface area contributed by atoms with E-state index in [-0.39, 0.29) is 18.5 Å². The predicted octanol–water partition coefficient (Wildman–Crippen LogP) is 2.69. The summed E-state index contributed by atoms with van der Waals surface area (Å²) in [6.45, 7) is 2.68. The maximum Gasteiger partial charge on any atom is 0.315 e. The molecule has 0 spiro atoms. The second kappa shape index (κ2) is 8.96. The van der Waals surface area contributed by atoms with Gasteiger partial charge in [-0.15, -0.1) is 0 Å². The molecule has 1 rings (SSSR count). The van der Waals surface area contributed by atoms with Crippen molar-refractivity contribution in [3.8, 4) is 0 Å². The number of carboxylic acids is 1. The number of nitrogens with one attached hydrogen (secondary N) is 2. The average Bonchev–Trinajstić information content (AvgIpc) is 2.44. The molecule has 0 saturated heterocycles. The Kier molecular flexibility index (Phi) is 7.17. The van der Waals surface area contributed by atoms with Gasteiger partial charge in [0, 0.05) is 13.0 Å². The highest BCUT2D eigenvalue weighted by molar-refractivity contribution is 5.74. The summed E-state index contributed by atoms with van der Waals surface area (Å²) in [5.74, 6) is -0.862. The maximum absolute atomic E-state index is 11.8. The van der Waals surface area contributed by atoms with E-state index in [0.29, 0.717) is 13.0 Å². The predicted molar refractivity (Wildman–Crippen MR) is 77.5 cm³/mol. The first-order valence-electron chi connectivity index (χ1n) is 6.94. The second-order valence-corrected chi connectivity index (χ2v) is 4.65. The molecule has 0 heterocycles. The first kappa shape index (κ1) is 16.0. The van der Waals surface area contributed by atoms with Crippen molar-refractivity contribution in [3.05, 3.63) is 35.9 Å². The number of benzene rings is 1. The zero-order chi connectivity index (χ0) is 14.8. The minimum absolute atomic E-state index is 0.0226. The Bertz CT molecular complexity index is 420. The molecule has 0 aliphatic carbocycles. The highest BCUT2D eigenvalue weighted by Gasteiger charge is 2.15. The topological polar surface area (TPSA) is 78.4 Å². The van der Waals surface area contributed by atoms with Crippen molar-refractivity contribution in [3.63, 3.8) is 0 Å². The highest BCUT2D eigenvalue weighted by Crippen LogP contribution is 2.18. The lowest BCUT2D eigenvalue weighted by molar-refractivity contribution is -0.137. The molecular formula is C15H22N2O3. The molecule has 1 atom stereocenters. The van der Waals surface area contributed by atoms with E-state index in [4.69, 9.17) is 5.11 Å². The van der Waals surface area contributed by atoms with Crippen LogP contribution in [0.2, 0.25) is 0 Å². The van der Waals surface area contributed by atoms with E-state index in [2.05, 4.69) is 17.6 Å². The van der Waals surface area contributed by atoms with Crippen LogP contribution in [-0.2, 0) is 4.79 Å². The summed E-state index contributed by atoms with van der Waals surface area (Å²) in [7, 11) is 0. The van der Waals surface area contributed by atoms with Gasteiger partial charge in [0.2, 0.25) is 0 Å². The van der Waals surface area contributed by atoms with Crippen LogP contribution < -0.4 is 10.6 Å². The Labute approximate surface area is 119 Å². The number of urea groups is 1. The van der Waals surface area contributed by atoms with Gasteiger partial charge in [-0.05, 0) is 18.4 Å². The zero-order valence-corrected chi connectivity index (χ0v) is 11.8. The third-order valence-electron chi connectivity index (χ3n) is 2.97. The monoisotopic (exact) mass is 278 g/mol. The first-order chi connectivity index (χ1) is 9.63. The smallest absolute Gasteiger partial charge is 0.315 e. The molecule has 5 heteroatoms. The molecule has 110 valence electrons. The van der Waals surface area contributed by atoms with Crippen LogP contribution in [0.1, 0.15) is 44.2 Å². The van der Waals surface area contributed by atoms with Gasteiger partial charge in [0.1, 0.15) is 0 Å². The van der Waals surface area contributed by atoms with Gasteiger partial charge in [0.25, 0.3) is 0 Å². The van der Waals surface area contributed by atoms with Crippen LogP contribution in [0.25, 0.3) is 0 Å². The minimum atomic E-state index is -0.862. The molecular weight excluding hydrogens is 256 g/mol. The van der Waals surface area contributed by atoms with Crippen molar-refractivity contribution >= 4 is 12.0 Å². The van der Waals surface area contributed by atoms with Crippen molar-refractivity contribution in [2.75, 3.05) is 6.54 Å². The van der Waals surface area contributed by atoms with E-state index >= 15 is 0 Å². The molecule has 0 radical (unpaired) electrons. The fourth-order valence-corrected chi connectivity index (χ4v) is 1.86. The van der Waals surface area contributed by atoms with E-state index in [1.54, 1.807) is 0 Å². The number of hydrogen-bond donors (Lipinski definition) is 3. The third-order valence-corrected chi connectivity index (χ3v) is 2.97. The largest absolute Gasteiger partial charge is 0.481 e. The van der Waals surface area contributed by atoms with Crippen LogP contribution in [-0.4, -0.2) is 23.7 Å². The van der Waals surface area contributed by atoms with E-state index in [1.165, 1.54) is 0 Å². The molecule has 1 unspecified atom stereocenters.